The van der Waals surface area contributed by atoms with Gasteiger partial charge in [0.1, 0.15) is 0 Å². The van der Waals surface area contributed by atoms with Crippen LogP contribution in [0.1, 0.15) is 51.7 Å². The van der Waals surface area contributed by atoms with Crippen LogP contribution in [-0.2, 0) is 30.9 Å². The summed E-state index contributed by atoms with van der Waals surface area (Å²) in [6.07, 6.45) is 6.22. The standard InChI is InChI=1S/C23H24N.C17H12N.Ir/c1-22(2)11-12-23(3,4)20-13-17(9-10-19(20)22)21-14-16-7-5-6-8-18(16)15-24-21;1-2-7-14(8-3-1)15-9-6-10-16(13-15)17-11-4-5-12-18-17;/h5-8,10,13-15H,11-12H2,1-4H3;1-9,11-13H;/q2*-1;. The van der Waals surface area contributed by atoms with E-state index in [1.807, 2.05) is 48.7 Å². The third-order valence-electron chi connectivity index (χ3n) is 8.54. The summed E-state index contributed by atoms with van der Waals surface area (Å²) in [7, 11) is 0. The first kappa shape index (κ1) is 30.5. The summed E-state index contributed by atoms with van der Waals surface area (Å²) >= 11 is 0. The second kappa shape index (κ2) is 12.8. The molecule has 1 aliphatic carbocycles. The van der Waals surface area contributed by atoms with Crippen molar-refractivity contribution in [3.05, 3.63) is 145 Å². The van der Waals surface area contributed by atoms with Crippen molar-refractivity contribution in [3.63, 3.8) is 0 Å². The van der Waals surface area contributed by atoms with Crippen molar-refractivity contribution < 1.29 is 20.1 Å². The first-order chi connectivity index (χ1) is 20.3. The molecule has 4 aromatic carbocycles. The predicted molar refractivity (Wildman–Crippen MR) is 175 cm³/mol. The number of benzene rings is 4. The molecule has 1 aliphatic rings. The molecule has 0 fully saturated rings. The van der Waals surface area contributed by atoms with E-state index in [-0.39, 0.29) is 30.9 Å². The summed E-state index contributed by atoms with van der Waals surface area (Å²) in [5, 5.41) is 2.41. The predicted octanol–water partition coefficient (Wildman–Crippen LogP) is 10.3. The SMILES string of the molecule is CC1(C)CCC(C)(C)c2cc(-c3cc4ccccc4cn3)[c-]cc21.[Ir].[c-]1ccc(-c2ccccc2)cc1-c1ccccn1. The topological polar surface area (TPSA) is 25.8 Å². The number of fused-ring (bicyclic) bond motifs is 2. The number of nitrogens with zero attached hydrogens (tertiary/aromatic N) is 2. The normalized spacial score (nSPS) is 14.5. The molecule has 1 radical (unpaired) electrons. The number of pyridine rings is 2. The molecular formula is C40H36IrN2-2. The molecule has 0 atom stereocenters. The van der Waals surface area contributed by atoms with Gasteiger partial charge in [0.25, 0.3) is 0 Å². The van der Waals surface area contributed by atoms with Crippen LogP contribution in [0.4, 0.5) is 0 Å². The zero-order valence-electron chi connectivity index (χ0n) is 25.2. The Balaban J connectivity index is 0.000000174. The fraction of sp³-hybridized carbons (Fsp3) is 0.200. The van der Waals surface area contributed by atoms with Crippen LogP contribution < -0.4 is 0 Å². The van der Waals surface area contributed by atoms with E-state index in [1.54, 1.807) is 6.20 Å². The molecule has 0 saturated carbocycles. The van der Waals surface area contributed by atoms with Crippen molar-refractivity contribution in [1.29, 1.82) is 0 Å². The van der Waals surface area contributed by atoms with E-state index < -0.39 is 0 Å². The van der Waals surface area contributed by atoms with Gasteiger partial charge in [0.05, 0.1) is 0 Å². The fourth-order valence-corrected chi connectivity index (χ4v) is 5.83. The Kier molecular flexibility index (Phi) is 9.06. The molecule has 2 nitrogen and oxygen atoms in total. The summed E-state index contributed by atoms with van der Waals surface area (Å²) in [6, 6.07) is 44.2. The molecule has 2 heterocycles. The van der Waals surface area contributed by atoms with Crippen LogP contribution >= 0.6 is 0 Å². The van der Waals surface area contributed by atoms with E-state index >= 15 is 0 Å². The quantitative estimate of drug-likeness (QED) is 0.169. The summed E-state index contributed by atoms with van der Waals surface area (Å²) in [4.78, 5) is 9.03. The van der Waals surface area contributed by atoms with Crippen LogP contribution in [-0.4, -0.2) is 9.97 Å². The number of hydrogen-bond donors (Lipinski definition) is 0. The minimum atomic E-state index is 0. The molecule has 0 amide bonds. The van der Waals surface area contributed by atoms with Gasteiger partial charge < -0.3 is 9.97 Å². The Morgan fingerprint density at radius 3 is 2.00 bits per heavy atom. The van der Waals surface area contributed by atoms with Gasteiger partial charge in [0.15, 0.2) is 0 Å². The third kappa shape index (κ3) is 6.69. The summed E-state index contributed by atoms with van der Waals surface area (Å²) in [5.74, 6) is 0. The van der Waals surface area contributed by atoms with Gasteiger partial charge in [-0.2, -0.15) is 0 Å². The second-order valence-corrected chi connectivity index (χ2v) is 12.4. The second-order valence-electron chi connectivity index (χ2n) is 12.4. The molecule has 0 spiro atoms. The van der Waals surface area contributed by atoms with Gasteiger partial charge in [-0.25, -0.2) is 0 Å². The Bertz CT molecular complexity index is 1770. The van der Waals surface area contributed by atoms with Crippen molar-refractivity contribution in [3.8, 4) is 33.6 Å². The van der Waals surface area contributed by atoms with Gasteiger partial charge in [0.2, 0.25) is 0 Å². The zero-order chi connectivity index (χ0) is 29.2. The smallest absolute Gasteiger partial charge is 0.0239 e. The molecular weight excluding hydrogens is 701 g/mol. The van der Waals surface area contributed by atoms with Gasteiger partial charge >= 0.3 is 0 Å². The summed E-state index contributed by atoms with van der Waals surface area (Å²) < 4.78 is 0. The molecule has 7 rings (SSSR count). The largest absolute Gasteiger partial charge is 0.305 e. The average molecular weight is 737 g/mol. The van der Waals surface area contributed by atoms with Gasteiger partial charge in [0, 0.05) is 32.5 Å². The fourth-order valence-electron chi connectivity index (χ4n) is 5.83. The maximum absolute atomic E-state index is 4.68. The number of hydrogen-bond acceptors (Lipinski definition) is 2. The molecule has 2 aromatic heterocycles. The van der Waals surface area contributed by atoms with Gasteiger partial charge in [-0.1, -0.05) is 107 Å². The van der Waals surface area contributed by atoms with Crippen molar-refractivity contribution in [2.24, 2.45) is 0 Å². The maximum atomic E-state index is 4.68. The van der Waals surface area contributed by atoms with Crippen LogP contribution in [0.3, 0.4) is 0 Å². The van der Waals surface area contributed by atoms with E-state index in [0.29, 0.717) is 0 Å². The third-order valence-corrected chi connectivity index (χ3v) is 8.54. The monoisotopic (exact) mass is 737 g/mol. The molecule has 0 unspecified atom stereocenters. The van der Waals surface area contributed by atoms with Gasteiger partial charge in [-0.05, 0) is 51.0 Å². The van der Waals surface area contributed by atoms with Crippen LogP contribution in [0, 0.1) is 12.1 Å². The first-order valence-corrected chi connectivity index (χ1v) is 14.7. The Hall–Kier alpha value is -3.91. The summed E-state index contributed by atoms with van der Waals surface area (Å²) in [6.45, 7) is 9.42. The maximum Gasteiger partial charge on any atom is 0.0239 e. The van der Waals surface area contributed by atoms with Gasteiger partial charge in [-0.15, -0.1) is 70.3 Å². The van der Waals surface area contributed by atoms with Crippen LogP contribution in [0.2, 0.25) is 0 Å². The van der Waals surface area contributed by atoms with Gasteiger partial charge in [-0.3, -0.25) is 0 Å². The Morgan fingerprint density at radius 1 is 0.581 bits per heavy atom. The Labute approximate surface area is 269 Å². The van der Waals surface area contributed by atoms with Crippen molar-refractivity contribution in [2.45, 2.75) is 51.4 Å². The van der Waals surface area contributed by atoms with E-state index in [9.17, 15) is 0 Å². The van der Waals surface area contributed by atoms with E-state index in [2.05, 4.69) is 117 Å². The molecule has 0 bridgehead atoms. The Morgan fingerprint density at radius 2 is 1.26 bits per heavy atom. The number of rotatable bonds is 3. The molecule has 43 heavy (non-hydrogen) atoms. The van der Waals surface area contributed by atoms with Crippen LogP contribution in [0.15, 0.2) is 122 Å². The molecule has 217 valence electrons. The first-order valence-electron chi connectivity index (χ1n) is 14.7. The van der Waals surface area contributed by atoms with E-state index in [4.69, 9.17) is 0 Å². The molecule has 0 aliphatic heterocycles. The minimum Gasteiger partial charge on any atom is -0.305 e. The molecule has 0 saturated heterocycles. The van der Waals surface area contributed by atoms with E-state index in [0.717, 1.165) is 22.5 Å². The molecule has 3 heteroatoms. The van der Waals surface area contributed by atoms with Crippen molar-refractivity contribution in [1.82, 2.24) is 9.97 Å². The minimum absolute atomic E-state index is 0. The van der Waals surface area contributed by atoms with Crippen LogP contribution in [0.5, 0.6) is 0 Å². The van der Waals surface area contributed by atoms with E-state index in [1.165, 1.54) is 45.9 Å². The summed E-state index contributed by atoms with van der Waals surface area (Å²) in [5.41, 5.74) is 9.85. The van der Waals surface area contributed by atoms with Crippen LogP contribution in [0.25, 0.3) is 44.4 Å². The van der Waals surface area contributed by atoms with Crippen molar-refractivity contribution >= 4 is 10.8 Å². The number of aromatic nitrogens is 2. The molecule has 0 N–H and O–H groups in total. The van der Waals surface area contributed by atoms with Crippen molar-refractivity contribution in [2.75, 3.05) is 0 Å². The zero-order valence-corrected chi connectivity index (χ0v) is 27.6. The average Bonchev–Trinajstić information content (AvgIpc) is 3.04. The molecule has 6 aromatic rings.